The average molecular weight is 424 g/mol. The largest absolute Gasteiger partial charge is 0.312 e. The third-order valence-corrected chi connectivity index (χ3v) is 6.73. The standard InChI is InChI=1S/C20H17N5O2S2/c26-18-4-1-9-24(18)14-7-5-13(6-8-14)12-29-20-22-21-19(27)16-11-15(23-25(16)20)17-3-2-10-28-17/h2-3,5-8,10-11H,1,4,9,12H2,(H,21,27). The Morgan fingerprint density at radius 1 is 1.17 bits per heavy atom. The summed E-state index contributed by atoms with van der Waals surface area (Å²) in [4.78, 5) is 26.9. The van der Waals surface area contributed by atoms with Gasteiger partial charge in [-0.1, -0.05) is 30.0 Å². The van der Waals surface area contributed by atoms with E-state index < -0.39 is 0 Å². The van der Waals surface area contributed by atoms with E-state index in [2.05, 4.69) is 15.3 Å². The summed E-state index contributed by atoms with van der Waals surface area (Å²) < 4.78 is 1.61. The molecular formula is C20H17N5O2S2. The Kier molecular flexibility index (Phi) is 4.69. The number of benzene rings is 1. The number of amides is 1. The third-order valence-electron chi connectivity index (χ3n) is 4.84. The summed E-state index contributed by atoms with van der Waals surface area (Å²) in [7, 11) is 0. The van der Waals surface area contributed by atoms with Gasteiger partial charge < -0.3 is 4.90 Å². The van der Waals surface area contributed by atoms with Crippen molar-refractivity contribution in [2.45, 2.75) is 23.8 Å². The smallest absolute Gasteiger partial charge is 0.290 e. The third kappa shape index (κ3) is 3.47. The van der Waals surface area contributed by atoms with Gasteiger partial charge >= 0.3 is 0 Å². The van der Waals surface area contributed by atoms with Gasteiger partial charge in [0.2, 0.25) is 11.1 Å². The molecule has 29 heavy (non-hydrogen) atoms. The fourth-order valence-corrected chi connectivity index (χ4v) is 4.91. The van der Waals surface area contributed by atoms with Crippen LogP contribution in [0.4, 0.5) is 5.69 Å². The van der Waals surface area contributed by atoms with Crippen molar-refractivity contribution in [3.63, 3.8) is 0 Å². The molecule has 1 aliphatic heterocycles. The monoisotopic (exact) mass is 423 g/mol. The molecule has 1 saturated heterocycles. The maximum Gasteiger partial charge on any atom is 0.290 e. The van der Waals surface area contributed by atoms with Crippen LogP contribution >= 0.6 is 23.1 Å². The number of H-pyrrole nitrogens is 1. The van der Waals surface area contributed by atoms with Crippen molar-refractivity contribution in [2.75, 3.05) is 11.4 Å². The Morgan fingerprint density at radius 2 is 2.03 bits per heavy atom. The molecule has 9 heteroatoms. The van der Waals surface area contributed by atoms with Crippen molar-refractivity contribution in [3.05, 3.63) is 63.8 Å². The van der Waals surface area contributed by atoms with Gasteiger partial charge in [-0.15, -0.1) is 16.4 Å². The number of aromatic nitrogens is 4. The normalized spacial score (nSPS) is 14.2. The van der Waals surface area contributed by atoms with Crippen molar-refractivity contribution in [3.8, 4) is 10.6 Å². The van der Waals surface area contributed by atoms with Gasteiger partial charge in [-0.25, -0.2) is 9.61 Å². The molecule has 0 saturated carbocycles. The second-order valence-electron chi connectivity index (χ2n) is 6.74. The summed E-state index contributed by atoms with van der Waals surface area (Å²) in [5.74, 6) is 0.864. The van der Waals surface area contributed by atoms with E-state index in [0.29, 0.717) is 22.8 Å². The summed E-state index contributed by atoms with van der Waals surface area (Å²) in [5.41, 5.74) is 3.04. The quantitative estimate of drug-likeness (QED) is 0.496. The van der Waals surface area contributed by atoms with E-state index in [1.165, 1.54) is 11.8 Å². The van der Waals surface area contributed by atoms with Crippen LogP contribution in [-0.4, -0.2) is 32.3 Å². The Hall–Kier alpha value is -2.91. The molecule has 5 rings (SSSR count). The lowest BCUT2D eigenvalue weighted by atomic mass is 10.2. The first-order valence-corrected chi connectivity index (χ1v) is 11.1. The summed E-state index contributed by atoms with van der Waals surface area (Å²) in [6.45, 7) is 0.790. The van der Waals surface area contributed by atoms with Gasteiger partial charge in [-0.2, -0.15) is 5.10 Å². The number of carbonyl (C=O) groups excluding carboxylic acids is 1. The summed E-state index contributed by atoms with van der Waals surface area (Å²) in [6, 6.07) is 13.7. The molecule has 146 valence electrons. The maximum absolute atomic E-state index is 12.2. The number of aromatic amines is 1. The number of anilines is 1. The molecule has 4 aromatic rings. The second kappa shape index (κ2) is 7.49. The maximum atomic E-state index is 12.2. The highest BCUT2D eigenvalue weighted by Gasteiger charge is 2.21. The minimum atomic E-state index is -0.260. The lowest BCUT2D eigenvalue weighted by Gasteiger charge is -2.15. The van der Waals surface area contributed by atoms with Gasteiger partial charge in [0.05, 0.1) is 4.88 Å². The molecule has 4 heterocycles. The fraction of sp³-hybridized carbons (Fsp3) is 0.200. The zero-order valence-electron chi connectivity index (χ0n) is 15.4. The predicted octanol–water partition coefficient (Wildman–Crippen LogP) is 3.57. The molecule has 1 amide bonds. The van der Waals surface area contributed by atoms with Crippen molar-refractivity contribution >= 4 is 40.2 Å². The number of hydrogen-bond acceptors (Lipinski definition) is 6. The van der Waals surface area contributed by atoms with Crippen LogP contribution < -0.4 is 10.5 Å². The van der Waals surface area contributed by atoms with Crippen LogP contribution in [0.25, 0.3) is 16.1 Å². The Morgan fingerprint density at radius 3 is 2.76 bits per heavy atom. The lowest BCUT2D eigenvalue weighted by Crippen LogP contribution is -2.23. The number of nitrogens with zero attached hydrogens (tertiary/aromatic N) is 4. The Balaban J connectivity index is 1.37. The van der Waals surface area contributed by atoms with Crippen molar-refractivity contribution in [1.29, 1.82) is 0 Å². The molecule has 0 spiro atoms. The first kappa shape index (κ1) is 18.1. The first-order valence-electron chi connectivity index (χ1n) is 9.23. The zero-order chi connectivity index (χ0) is 19.8. The summed E-state index contributed by atoms with van der Waals surface area (Å²) in [6.07, 6.45) is 1.55. The minimum absolute atomic E-state index is 0.187. The molecular weight excluding hydrogens is 406 g/mol. The average Bonchev–Trinajstić information content (AvgIpc) is 3.48. The van der Waals surface area contributed by atoms with E-state index in [-0.39, 0.29) is 11.5 Å². The van der Waals surface area contributed by atoms with Gasteiger partial charge in [0, 0.05) is 24.4 Å². The highest BCUT2D eigenvalue weighted by Crippen LogP contribution is 2.27. The van der Waals surface area contributed by atoms with Gasteiger partial charge in [0.25, 0.3) is 5.56 Å². The molecule has 0 bridgehead atoms. The molecule has 0 radical (unpaired) electrons. The lowest BCUT2D eigenvalue weighted by molar-refractivity contribution is -0.117. The van der Waals surface area contributed by atoms with Crippen LogP contribution in [0.3, 0.4) is 0 Å². The predicted molar refractivity (Wildman–Crippen MR) is 115 cm³/mol. The topological polar surface area (TPSA) is 83.4 Å². The number of hydrogen-bond donors (Lipinski definition) is 1. The zero-order valence-corrected chi connectivity index (χ0v) is 17.0. The van der Waals surface area contributed by atoms with Crippen LogP contribution in [-0.2, 0) is 10.5 Å². The van der Waals surface area contributed by atoms with E-state index in [9.17, 15) is 9.59 Å². The number of carbonyl (C=O) groups is 1. The first-order chi connectivity index (χ1) is 14.2. The van der Waals surface area contributed by atoms with Gasteiger partial charge in [0.15, 0.2) is 0 Å². The Bertz CT molecular complexity index is 1230. The van der Waals surface area contributed by atoms with E-state index in [1.807, 2.05) is 46.7 Å². The number of thiophene rings is 1. The highest BCUT2D eigenvalue weighted by molar-refractivity contribution is 7.98. The van der Waals surface area contributed by atoms with E-state index in [1.54, 1.807) is 21.9 Å². The molecule has 3 aromatic heterocycles. The van der Waals surface area contributed by atoms with Crippen LogP contribution in [0, 0.1) is 0 Å². The van der Waals surface area contributed by atoms with Gasteiger partial charge in [0.1, 0.15) is 11.2 Å². The van der Waals surface area contributed by atoms with E-state index >= 15 is 0 Å². The summed E-state index contributed by atoms with van der Waals surface area (Å²) >= 11 is 3.08. The van der Waals surface area contributed by atoms with E-state index in [0.717, 1.165) is 34.8 Å². The molecule has 1 fully saturated rings. The van der Waals surface area contributed by atoms with Crippen LogP contribution in [0.2, 0.25) is 0 Å². The molecule has 1 aliphatic rings. The second-order valence-corrected chi connectivity index (χ2v) is 8.63. The summed E-state index contributed by atoms with van der Waals surface area (Å²) in [5, 5.41) is 13.9. The number of fused-ring (bicyclic) bond motifs is 1. The van der Waals surface area contributed by atoms with Gasteiger partial charge in [-0.3, -0.25) is 9.59 Å². The van der Waals surface area contributed by atoms with E-state index in [4.69, 9.17) is 0 Å². The van der Waals surface area contributed by atoms with Crippen LogP contribution in [0.5, 0.6) is 0 Å². The van der Waals surface area contributed by atoms with Crippen molar-refractivity contribution < 1.29 is 4.79 Å². The molecule has 0 aliphatic carbocycles. The van der Waals surface area contributed by atoms with Crippen LogP contribution in [0.15, 0.2) is 57.8 Å². The van der Waals surface area contributed by atoms with Crippen LogP contribution in [0.1, 0.15) is 18.4 Å². The minimum Gasteiger partial charge on any atom is -0.312 e. The number of nitrogens with one attached hydrogen (secondary N) is 1. The van der Waals surface area contributed by atoms with Crippen molar-refractivity contribution in [1.82, 2.24) is 19.8 Å². The molecule has 1 aromatic carbocycles. The molecule has 1 N–H and O–H groups in total. The molecule has 7 nitrogen and oxygen atoms in total. The SMILES string of the molecule is O=C1CCCN1c1ccc(CSc2n[nH]c(=O)c3cc(-c4cccs4)nn23)cc1. The molecule has 0 atom stereocenters. The highest BCUT2D eigenvalue weighted by atomic mass is 32.2. The van der Waals surface area contributed by atoms with Crippen molar-refractivity contribution in [2.24, 2.45) is 0 Å². The number of rotatable bonds is 5. The molecule has 0 unspecified atom stereocenters. The fourth-order valence-electron chi connectivity index (χ4n) is 3.37. The van der Waals surface area contributed by atoms with Gasteiger partial charge in [-0.05, 0) is 41.6 Å². The number of thioether (sulfide) groups is 1. The Labute approximate surface area is 174 Å².